The van der Waals surface area contributed by atoms with E-state index in [0.717, 1.165) is 38.9 Å². The standard InChI is InChI=1S/C32H29NO4S/c1-3-35-29-16-13-23(19-30(29)36-4-2)21-37-25-9-7-8-22(18-25)12-15-28(34)24-14-17-32-27(20-24)33-26-10-5-6-11-31(26)38-32/h5-20,33H,3-4,21H2,1-2H3/b15-12+. The SMILES string of the molecule is CCOc1ccc(COc2cccc(/C=C/C(=O)c3ccc4c(c3)Nc3ccccc3S4)c2)cc1OCC. The average Bonchev–Trinajstić information content (AvgIpc) is 2.95. The lowest BCUT2D eigenvalue weighted by atomic mass is 10.1. The van der Waals surface area contributed by atoms with Crippen LogP contribution in [0.15, 0.2) is 101 Å². The summed E-state index contributed by atoms with van der Waals surface area (Å²) in [6.45, 7) is 5.43. The molecule has 0 amide bonds. The van der Waals surface area contributed by atoms with Gasteiger partial charge >= 0.3 is 0 Å². The van der Waals surface area contributed by atoms with Crippen LogP contribution in [0.5, 0.6) is 17.2 Å². The van der Waals surface area contributed by atoms with Crippen LogP contribution >= 0.6 is 11.8 Å². The Bertz CT molecular complexity index is 1480. The summed E-state index contributed by atoms with van der Waals surface area (Å²) in [6.07, 6.45) is 3.42. The Morgan fingerprint density at radius 3 is 2.47 bits per heavy atom. The van der Waals surface area contributed by atoms with Crippen molar-refractivity contribution < 1.29 is 19.0 Å². The van der Waals surface area contributed by atoms with Gasteiger partial charge in [-0.05, 0) is 85.6 Å². The molecule has 0 spiro atoms. The van der Waals surface area contributed by atoms with Gasteiger partial charge in [-0.15, -0.1) is 0 Å². The highest BCUT2D eigenvalue weighted by atomic mass is 32.2. The molecule has 0 aliphatic carbocycles. The van der Waals surface area contributed by atoms with Crippen molar-refractivity contribution in [2.75, 3.05) is 18.5 Å². The fourth-order valence-corrected chi connectivity index (χ4v) is 5.09. The van der Waals surface area contributed by atoms with Gasteiger partial charge in [-0.25, -0.2) is 0 Å². The van der Waals surface area contributed by atoms with E-state index in [1.807, 2.05) is 98.8 Å². The molecule has 0 saturated carbocycles. The Hall–Kier alpha value is -4.16. The molecule has 0 bridgehead atoms. The third kappa shape index (κ3) is 6.03. The van der Waals surface area contributed by atoms with Crippen LogP contribution < -0.4 is 19.5 Å². The van der Waals surface area contributed by atoms with Crippen LogP contribution in [0.3, 0.4) is 0 Å². The minimum absolute atomic E-state index is 0.0531. The van der Waals surface area contributed by atoms with E-state index in [0.29, 0.717) is 31.1 Å². The summed E-state index contributed by atoms with van der Waals surface area (Å²) >= 11 is 1.70. The van der Waals surface area contributed by atoms with Gasteiger partial charge in [0.1, 0.15) is 12.4 Å². The Kier molecular flexibility index (Phi) is 8.00. The number of rotatable bonds is 10. The topological polar surface area (TPSA) is 56.8 Å². The summed E-state index contributed by atoms with van der Waals surface area (Å²) in [7, 11) is 0. The zero-order chi connectivity index (χ0) is 26.3. The Morgan fingerprint density at radius 2 is 1.61 bits per heavy atom. The van der Waals surface area contributed by atoms with Crippen LogP contribution in [-0.4, -0.2) is 19.0 Å². The number of benzene rings is 4. The number of carbonyl (C=O) groups excluding carboxylic acids is 1. The van der Waals surface area contributed by atoms with Gasteiger partial charge in [-0.2, -0.15) is 0 Å². The van der Waals surface area contributed by atoms with Crippen molar-refractivity contribution in [3.8, 4) is 17.2 Å². The van der Waals surface area contributed by atoms with Gasteiger partial charge in [-0.3, -0.25) is 4.79 Å². The molecule has 4 aromatic carbocycles. The molecule has 1 N–H and O–H groups in total. The monoisotopic (exact) mass is 523 g/mol. The fraction of sp³-hybridized carbons (Fsp3) is 0.156. The molecule has 0 atom stereocenters. The van der Waals surface area contributed by atoms with E-state index in [1.165, 1.54) is 4.90 Å². The first-order valence-corrected chi connectivity index (χ1v) is 13.5. The fourth-order valence-electron chi connectivity index (χ4n) is 4.12. The zero-order valence-electron chi connectivity index (χ0n) is 21.4. The van der Waals surface area contributed by atoms with E-state index < -0.39 is 0 Å². The second kappa shape index (κ2) is 11.9. The van der Waals surface area contributed by atoms with Crippen LogP contribution in [0.2, 0.25) is 0 Å². The number of anilines is 2. The highest BCUT2D eigenvalue weighted by molar-refractivity contribution is 7.99. The molecule has 1 aliphatic rings. The summed E-state index contributed by atoms with van der Waals surface area (Å²) in [5.74, 6) is 2.11. The highest BCUT2D eigenvalue weighted by Gasteiger charge is 2.16. The van der Waals surface area contributed by atoms with Crippen molar-refractivity contribution in [3.63, 3.8) is 0 Å². The lowest BCUT2D eigenvalue weighted by molar-refractivity contribution is 0.104. The van der Waals surface area contributed by atoms with Crippen LogP contribution in [0.1, 0.15) is 35.3 Å². The number of hydrogen-bond donors (Lipinski definition) is 1. The van der Waals surface area contributed by atoms with Gasteiger partial charge in [0.2, 0.25) is 0 Å². The maximum absolute atomic E-state index is 12.9. The Labute approximate surface area is 227 Å². The van der Waals surface area contributed by atoms with Crippen molar-refractivity contribution in [3.05, 3.63) is 108 Å². The van der Waals surface area contributed by atoms with Gasteiger partial charge in [0, 0.05) is 15.4 Å². The number of nitrogens with one attached hydrogen (secondary N) is 1. The minimum Gasteiger partial charge on any atom is -0.490 e. The molecule has 0 radical (unpaired) electrons. The lowest BCUT2D eigenvalue weighted by Gasteiger charge is -2.20. The summed E-state index contributed by atoms with van der Waals surface area (Å²) in [5.41, 5.74) is 4.51. The molecule has 0 fully saturated rings. The Balaban J connectivity index is 1.23. The minimum atomic E-state index is -0.0531. The van der Waals surface area contributed by atoms with Crippen LogP contribution in [-0.2, 0) is 6.61 Å². The van der Waals surface area contributed by atoms with E-state index in [-0.39, 0.29) is 5.78 Å². The van der Waals surface area contributed by atoms with Crippen molar-refractivity contribution in [2.45, 2.75) is 30.2 Å². The number of carbonyl (C=O) groups is 1. The van der Waals surface area contributed by atoms with E-state index in [9.17, 15) is 4.79 Å². The van der Waals surface area contributed by atoms with Crippen LogP contribution in [0, 0.1) is 0 Å². The Morgan fingerprint density at radius 1 is 0.789 bits per heavy atom. The average molecular weight is 524 g/mol. The second-order valence-corrected chi connectivity index (χ2v) is 9.72. The van der Waals surface area contributed by atoms with Gasteiger partial charge in [-0.1, -0.05) is 48.2 Å². The number of ketones is 1. The zero-order valence-corrected chi connectivity index (χ0v) is 22.2. The van der Waals surface area contributed by atoms with Crippen LogP contribution in [0.4, 0.5) is 11.4 Å². The predicted molar refractivity (Wildman–Crippen MR) is 153 cm³/mol. The molecule has 0 saturated heterocycles. The third-order valence-corrected chi connectivity index (χ3v) is 7.09. The third-order valence-electron chi connectivity index (χ3n) is 5.94. The maximum atomic E-state index is 12.9. The van der Waals surface area contributed by atoms with Crippen molar-refractivity contribution >= 4 is 35.0 Å². The number of hydrogen-bond acceptors (Lipinski definition) is 6. The van der Waals surface area contributed by atoms with E-state index in [1.54, 1.807) is 17.8 Å². The molecular weight excluding hydrogens is 494 g/mol. The molecule has 1 aliphatic heterocycles. The number of allylic oxidation sites excluding steroid dienone is 1. The van der Waals surface area contributed by atoms with E-state index in [2.05, 4.69) is 11.4 Å². The highest BCUT2D eigenvalue weighted by Crippen LogP contribution is 2.44. The molecule has 1 heterocycles. The predicted octanol–water partition coefficient (Wildman–Crippen LogP) is 8.17. The molecule has 0 aromatic heterocycles. The molecule has 6 heteroatoms. The van der Waals surface area contributed by atoms with E-state index >= 15 is 0 Å². The van der Waals surface area contributed by atoms with Gasteiger partial charge in [0.25, 0.3) is 0 Å². The summed E-state index contributed by atoms with van der Waals surface area (Å²) in [5, 5.41) is 3.44. The maximum Gasteiger partial charge on any atom is 0.185 e. The van der Waals surface area contributed by atoms with Crippen molar-refractivity contribution in [2.24, 2.45) is 0 Å². The lowest BCUT2D eigenvalue weighted by Crippen LogP contribution is -2.02. The number of fused-ring (bicyclic) bond motifs is 2. The first kappa shape index (κ1) is 25.5. The largest absolute Gasteiger partial charge is 0.490 e. The smallest absolute Gasteiger partial charge is 0.185 e. The van der Waals surface area contributed by atoms with Gasteiger partial charge in [0.05, 0.1) is 24.6 Å². The summed E-state index contributed by atoms with van der Waals surface area (Å²) in [6, 6.07) is 27.5. The molecule has 5 rings (SSSR count). The normalized spacial score (nSPS) is 11.8. The quantitative estimate of drug-likeness (QED) is 0.147. The molecule has 5 nitrogen and oxygen atoms in total. The van der Waals surface area contributed by atoms with Crippen molar-refractivity contribution in [1.82, 2.24) is 0 Å². The molecular formula is C32H29NO4S. The summed E-state index contributed by atoms with van der Waals surface area (Å²) < 4.78 is 17.4. The molecule has 192 valence electrons. The molecule has 4 aromatic rings. The summed E-state index contributed by atoms with van der Waals surface area (Å²) in [4.78, 5) is 15.2. The van der Waals surface area contributed by atoms with Gasteiger partial charge < -0.3 is 19.5 Å². The number of para-hydroxylation sites is 1. The molecule has 0 unspecified atom stereocenters. The van der Waals surface area contributed by atoms with Crippen molar-refractivity contribution in [1.29, 1.82) is 0 Å². The number of ether oxygens (including phenoxy) is 3. The second-order valence-electron chi connectivity index (χ2n) is 8.64. The first-order valence-electron chi connectivity index (χ1n) is 12.6. The van der Waals surface area contributed by atoms with Crippen LogP contribution in [0.25, 0.3) is 6.08 Å². The molecule has 38 heavy (non-hydrogen) atoms. The first-order chi connectivity index (χ1) is 18.6. The van der Waals surface area contributed by atoms with E-state index in [4.69, 9.17) is 14.2 Å². The van der Waals surface area contributed by atoms with Gasteiger partial charge in [0.15, 0.2) is 17.3 Å².